The van der Waals surface area contributed by atoms with Crippen molar-refractivity contribution in [2.75, 3.05) is 18.5 Å². The summed E-state index contributed by atoms with van der Waals surface area (Å²) in [6.45, 7) is 4.49. The van der Waals surface area contributed by atoms with Crippen LogP contribution in [0.1, 0.15) is 12.6 Å². The molecule has 0 saturated carbocycles. The number of nitrogens with zero attached hydrogens (tertiary/aromatic N) is 2. The van der Waals surface area contributed by atoms with E-state index in [1.54, 1.807) is 6.07 Å². The molecule has 2 aromatic rings. The summed E-state index contributed by atoms with van der Waals surface area (Å²) in [6.07, 6.45) is 0. The molecule has 1 aromatic carbocycles. The number of aromatic nitrogens is 1. The molecule has 0 aliphatic carbocycles. The van der Waals surface area contributed by atoms with Crippen LogP contribution in [0.2, 0.25) is 0 Å². The van der Waals surface area contributed by atoms with Crippen molar-refractivity contribution < 1.29 is 10.0 Å². The van der Waals surface area contributed by atoms with Crippen LogP contribution in [-0.2, 0) is 0 Å². The lowest BCUT2D eigenvalue weighted by molar-refractivity contribution is -0.384. The van der Waals surface area contributed by atoms with Crippen LogP contribution in [0.25, 0.3) is 10.9 Å². The molecular formula is C14H17N3O3. The Kier molecular flexibility index (Phi) is 4.14. The van der Waals surface area contributed by atoms with Gasteiger partial charge in [-0.2, -0.15) is 0 Å². The van der Waals surface area contributed by atoms with Crippen LogP contribution < -0.4 is 5.32 Å². The van der Waals surface area contributed by atoms with Crippen molar-refractivity contribution in [3.8, 4) is 0 Å². The van der Waals surface area contributed by atoms with Crippen LogP contribution in [0.5, 0.6) is 0 Å². The third-order valence-electron chi connectivity index (χ3n) is 3.08. The third kappa shape index (κ3) is 3.03. The molecule has 0 spiro atoms. The number of pyridine rings is 1. The first kappa shape index (κ1) is 14.2. The highest BCUT2D eigenvalue weighted by atomic mass is 16.6. The third-order valence-corrected chi connectivity index (χ3v) is 3.08. The zero-order valence-electron chi connectivity index (χ0n) is 11.5. The smallest absolute Gasteiger partial charge is 0.270 e. The van der Waals surface area contributed by atoms with Gasteiger partial charge in [-0.05, 0) is 25.0 Å². The van der Waals surface area contributed by atoms with E-state index >= 15 is 0 Å². The molecule has 1 atom stereocenters. The molecule has 20 heavy (non-hydrogen) atoms. The fourth-order valence-electron chi connectivity index (χ4n) is 1.95. The molecule has 6 nitrogen and oxygen atoms in total. The van der Waals surface area contributed by atoms with Gasteiger partial charge in [-0.25, -0.2) is 0 Å². The van der Waals surface area contributed by atoms with E-state index in [2.05, 4.69) is 10.3 Å². The summed E-state index contributed by atoms with van der Waals surface area (Å²) >= 11 is 0. The molecule has 0 aliphatic rings. The number of nitrogens with one attached hydrogen (secondary N) is 1. The highest BCUT2D eigenvalue weighted by Crippen LogP contribution is 2.27. The summed E-state index contributed by atoms with van der Waals surface area (Å²) < 4.78 is 0. The molecule has 6 heteroatoms. The monoisotopic (exact) mass is 275 g/mol. The van der Waals surface area contributed by atoms with E-state index in [4.69, 9.17) is 5.11 Å². The number of rotatable bonds is 5. The molecule has 2 N–H and O–H groups in total. The van der Waals surface area contributed by atoms with Crippen LogP contribution in [0, 0.1) is 23.0 Å². The molecule has 0 bridgehead atoms. The summed E-state index contributed by atoms with van der Waals surface area (Å²) in [5.41, 5.74) is 2.40. The van der Waals surface area contributed by atoms with Gasteiger partial charge in [-0.1, -0.05) is 6.92 Å². The average Bonchev–Trinajstić information content (AvgIpc) is 2.43. The maximum Gasteiger partial charge on any atom is 0.270 e. The van der Waals surface area contributed by atoms with Crippen LogP contribution in [0.3, 0.4) is 0 Å². The van der Waals surface area contributed by atoms with Gasteiger partial charge in [0.25, 0.3) is 5.69 Å². The predicted molar refractivity (Wildman–Crippen MR) is 77.9 cm³/mol. The first-order valence-corrected chi connectivity index (χ1v) is 6.41. The Balaban J connectivity index is 2.44. The second-order valence-corrected chi connectivity index (χ2v) is 4.94. The minimum Gasteiger partial charge on any atom is -0.396 e. The van der Waals surface area contributed by atoms with Gasteiger partial charge in [0.15, 0.2) is 0 Å². The number of aryl methyl sites for hydroxylation is 1. The molecule has 0 aliphatic heterocycles. The highest BCUT2D eigenvalue weighted by molar-refractivity contribution is 5.93. The lowest BCUT2D eigenvalue weighted by Crippen LogP contribution is -2.14. The van der Waals surface area contributed by atoms with Gasteiger partial charge in [0.1, 0.15) is 0 Å². The van der Waals surface area contributed by atoms with Gasteiger partial charge in [-0.3, -0.25) is 15.1 Å². The lowest BCUT2D eigenvalue weighted by atomic mass is 10.1. The van der Waals surface area contributed by atoms with E-state index in [1.165, 1.54) is 12.1 Å². The Morgan fingerprint density at radius 3 is 2.85 bits per heavy atom. The van der Waals surface area contributed by atoms with Crippen molar-refractivity contribution >= 4 is 22.3 Å². The summed E-state index contributed by atoms with van der Waals surface area (Å²) in [5, 5.41) is 23.9. The number of hydrogen-bond donors (Lipinski definition) is 2. The first-order valence-electron chi connectivity index (χ1n) is 6.41. The number of hydrogen-bond acceptors (Lipinski definition) is 5. The normalized spacial score (nSPS) is 12.3. The molecule has 0 fully saturated rings. The number of fused-ring (bicyclic) bond motifs is 1. The molecule has 2 rings (SSSR count). The fourth-order valence-corrected chi connectivity index (χ4v) is 1.95. The number of anilines is 1. The quantitative estimate of drug-likeness (QED) is 0.646. The van der Waals surface area contributed by atoms with E-state index in [0.29, 0.717) is 6.54 Å². The van der Waals surface area contributed by atoms with Crippen molar-refractivity contribution in [2.45, 2.75) is 13.8 Å². The lowest BCUT2D eigenvalue weighted by Gasteiger charge is -2.13. The number of benzene rings is 1. The van der Waals surface area contributed by atoms with Crippen molar-refractivity contribution in [1.29, 1.82) is 0 Å². The zero-order valence-corrected chi connectivity index (χ0v) is 11.5. The Bertz CT molecular complexity index is 643. The molecule has 106 valence electrons. The van der Waals surface area contributed by atoms with Crippen molar-refractivity contribution in [3.05, 3.63) is 40.1 Å². The van der Waals surface area contributed by atoms with Gasteiger partial charge in [0, 0.05) is 42.1 Å². The van der Waals surface area contributed by atoms with Crippen LogP contribution in [0.4, 0.5) is 11.4 Å². The van der Waals surface area contributed by atoms with Crippen LogP contribution in [0.15, 0.2) is 24.3 Å². The highest BCUT2D eigenvalue weighted by Gasteiger charge is 2.11. The topological polar surface area (TPSA) is 88.3 Å². The first-order chi connectivity index (χ1) is 9.51. The maximum atomic E-state index is 10.9. The Labute approximate surface area is 116 Å². The summed E-state index contributed by atoms with van der Waals surface area (Å²) in [5.74, 6) is 0.109. The van der Waals surface area contributed by atoms with E-state index in [0.717, 1.165) is 22.3 Å². The largest absolute Gasteiger partial charge is 0.396 e. The molecule has 1 unspecified atom stereocenters. The summed E-state index contributed by atoms with van der Waals surface area (Å²) in [7, 11) is 0. The number of nitro benzene ring substituents is 1. The van der Waals surface area contributed by atoms with E-state index in [-0.39, 0.29) is 18.2 Å². The van der Waals surface area contributed by atoms with E-state index in [1.807, 2.05) is 19.9 Å². The molecular weight excluding hydrogens is 258 g/mol. The van der Waals surface area contributed by atoms with Crippen molar-refractivity contribution in [2.24, 2.45) is 5.92 Å². The van der Waals surface area contributed by atoms with Gasteiger partial charge in [0.2, 0.25) is 0 Å². The van der Waals surface area contributed by atoms with Crippen molar-refractivity contribution in [3.63, 3.8) is 0 Å². The van der Waals surface area contributed by atoms with Gasteiger partial charge >= 0.3 is 0 Å². The second-order valence-electron chi connectivity index (χ2n) is 4.94. The molecule has 1 heterocycles. The van der Waals surface area contributed by atoms with Gasteiger partial charge in [-0.15, -0.1) is 0 Å². The Morgan fingerprint density at radius 2 is 2.20 bits per heavy atom. The number of nitro groups is 1. The maximum absolute atomic E-state index is 10.9. The van der Waals surface area contributed by atoms with Gasteiger partial charge in [0.05, 0.1) is 10.4 Å². The van der Waals surface area contributed by atoms with Crippen LogP contribution >= 0.6 is 0 Å². The average molecular weight is 275 g/mol. The number of aliphatic hydroxyl groups is 1. The van der Waals surface area contributed by atoms with Gasteiger partial charge < -0.3 is 10.4 Å². The number of non-ortho nitro benzene ring substituents is 1. The SMILES string of the molecule is Cc1cc(NCC(C)CO)c2cc([N+](=O)[O-])ccc2n1. The minimum atomic E-state index is -0.417. The van der Waals surface area contributed by atoms with Crippen molar-refractivity contribution in [1.82, 2.24) is 4.98 Å². The molecule has 0 amide bonds. The molecule has 0 radical (unpaired) electrons. The Morgan fingerprint density at radius 1 is 1.45 bits per heavy atom. The van der Waals surface area contributed by atoms with Crippen LogP contribution in [-0.4, -0.2) is 28.2 Å². The summed E-state index contributed by atoms with van der Waals surface area (Å²) in [6, 6.07) is 6.49. The predicted octanol–water partition coefficient (Wildman–Crippen LogP) is 2.49. The minimum absolute atomic E-state index is 0.0430. The zero-order chi connectivity index (χ0) is 14.7. The molecule has 1 aromatic heterocycles. The molecule has 0 saturated heterocycles. The fraction of sp³-hybridized carbons (Fsp3) is 0.357. The van der Waals surface area contributed by atoms with E-state index in [9.17, 15) is 10.1 Å². The summed E-state index contributed by atoms with van der Waals surface area (Å²) in [4.78, 5) is 14.8. The second kappa shape index (κ2) is 5.83. The standard InChI is InChI=1S/C14H17N3O3/c1-9(8-18)7-15-14-5-10(2)16-13-4-3-11(17(19)20)6-12(13)14/h3-6,9,18H,7-8H2,1-2H3,(H,15,16). The Hall–Kier alpha value is -2.21. The number of aliphatic hydroxyl groups excluding tert-OH is 1. The van der Waals surface area contributed by atoms with E-state index < -0.39 is 4.92 Å².